The molecule has 3 aromatic rings. The summed E-state index contributed by atoms with van der Waals surface area (Å²) in [5.74, 6) is -2.07. The fourth-order valence-electron chi connectivity index (χ4n) is 1.87. The molecule has 2 heterocycles. The number of thiazole rings is 1. The lowest BCUT2D eigenvalue weighted by atomic mass is 10.1. The molecule has 0 unspecified atom stereocenters. The molecule has 0 bridgehead atoms. The van der Waals surface area contributed by atoms with E-state index in [1.165, 1.54) is 29.8 Å². The van der Waals surface area contributed by atoms with Gasteiger partial charge in [0.25, 0.3) is 0 Å². The van der Waals surface area contributed by atoms with Gasteiger partial charge in [-0.2, -0.15) is 0 Å². The molecule has 3 rings (SSSR count). The maximum Gasteiger partial charge on any atom is 0.355 e. The smallest absolute Gasteiger partial charge is 0.355 e. The Morgan fingerprint density at radius 1 is 1.35 bits per heavy atom. The van der Waals surface area contributed by atoms with E-state index in [1.807, 2.05) is 0 Å². The van der Waals surface area contributed by atoms with E-state index in [-0.39, 0.29) is 16.3 Å². The average molecular weight is 290 g/mol. The molecule has 0 saturated carbocycles. The molecule has 5 nitrogen and oxygen atoms in total. The van der Waals surface area contributed by atoms with Gasteiger partial charge in [-0.1, -0.05) is 0 Å². The predicted octanol–water partition coefficient (Wildman–Crippen LogP) is 2.69. The SMILES string of the molecule is O=C(O)c1csc(C(=O)c2c[nH]c3ccc(F)cc23)n1. The Balaban J connectivity index is 2.07. The summed E-state index contributed by atoms with van der Waals surface area (Å²) in [6.45, 7) is 0. The second-order valence-corrected chi connectivity index (χ2v) is 4.92. The summed E-state index contributed by atoms with van der Waals surface area (Å²) in [5.41, 5.74) is 0.722. The molecule has 7 heteroatoms. The lowest BCUT2D eigenvalue weighted by Crippen LogP contribution is -2.02. The van der Waals surface area contributed by atoms with Gasteiger partial charge in [-0.15, -0.1) is 11.3 Å². The Bertz CT molecular complexity index is 837. The van der Waals surface area contributed by atoms with E-state index >= 15 is 0 Å². The number of fused-ring (bicyclic) bond motifs is 1. The number of nitrogens with zero attached hydrogens (tertiary/aromatic N) is 1. The molecular weight excluding hydrogens is 283 g/mol. The van der Waals surface area contributed by atoms with Crippen molar-refractivity contribution in [2.75, 3.05) is 0 Å². The molecular formula is C13H7FN2O3S. The summed E-state index contributed by atoms with van der Waals surface area (Å²) < 4.78 is 13.3. The highest BCUT2D eigenvalue weighted by molar-refractivity contribution is 7.12. The first-order chi connectivity index (χ1) is 9.56. The first-order valence-corrected chi connectivity index (χ1v) is 6.44. The van der Waals surface area contributed by atoms with E-state index in [2.05, 4.69) is 9.97 Å². The van der Waals surface area contributed by atoms with Crippen molar-refractivity contribution < 1.29 is 19.1 Å². The first-order valence-electron chi connectivity index (χ1n) is 5.56. The fraction of sp³-hybridized carbons (Fsp3) is 0. The lowest BCUT2D eigenvalue weighted by molar-refractivity contribution is 0.0691. The van der Waals surface area contributed by atoms with Crippen LogP contribution in [0.5, 0.6) is 0 Å². The van der Waals surface area contributed by atoms with Crippen molar-refractivity contribution in [3.05, 3.63) is 51.9 Å². The normalized spacial score (nSPS) is 10.8. The topological polar surface area (TPSA) is 83.0 Å². The second kappa shape index (κ2) is 4.53. The van der Waals surface area contributed by atoms with Gasteiger partial charge in [-0.25, -0.2) is 14.2 Å². The number of H-pyrrole nitrogens is 1. The van der Waals surface area contributed by atoms with Crippen molar-refractivity contribution in [3.8, 4) is 0 Å². The zero-order valence-electron chi connectivity index (χ0n) is 9.88. The van der Waals surface area contributed by atoms with Gasteiger partial charge in [-0.3, -0.25) is 4.79 Å². The van der Waals surface area contributed by atoms with Gasteiger partial charge in [0.2, 0.25) is 5.78 Å². The Hall–Kier alpha value is -2.54. The Morgan fingerprint density at radius 2 is 2.15 bits per heavy atom. The number of carbonyl (C=O) groups excluding carboxylic acids is 1. The summed E-state index contributed by atoms with van der Waals surface area (Å²) in [5, 5.41) is 10.6. The Morgan fingerprint density at radius 3 is 2.85 bits per heavy atom. The number of aromatic carboxylic acids is 1. The highest BCUT2D eigenvalue weighted by Crippen LogP contribution is 2.23. The molecule has 0 saturated heterocycles. The maximum absolute atomic E-state index is 13.3. The largest absolute Gasteiger partial charge is 0.476 e. The van der Waals surface area contributed by atoms with Gasteiger partial charge in [0.05, 0.1) is 5.56 Å². The number of hydrogen-bond acceptors (Lipinski definition) is 4. The van der Waals surface area contributed by atoms with Crippen molar-refractivity contribution in [3.63, 3.8) is 0 Å². The summed E-state index contributed by atoms with van der Waals surface area (Å²) in [6.07, 6.45) is 1.47. The first kappa shape index (κ1) is 12.5. The van der Waals surface area contributed by atoms with Crippen molar-refractivity contribution in [2.24, 2.45) is 0 Å². The van der Waals surface area contributed by atoms with E-state index in [0.717, 1.165) is 11.3 Å². The van der Waals surface area contributed by atoms with Crippen LogP contribution < -0.4 is 0 Å². The average Bonchev–Trinajstić information content (AvgIpc) is 3.04. The lowest BCUT2D eigenvalue weighted by Gasteiger charge is -1.95. The number of carboxylic acids is 1. The van der Waals surface area contributed by atoms with Crippen LogP contribution in [0.2, 0.25) is 0 Å². The van der Waals surface area contributed by atoms with Crippen LogP contribution in [0.15, 0.2) is 29.8 Å². The van der Waals surface area contributed by atoms with Crippen LogP contribution in [-0.4, -0.2) is 26.8 Å². The summed E-state index contributed by atoms with van der Waals surface area (Å²) in [6, 6.07) is 4.08. The van der Waals surface area contributed by atoms with Crippen LogP contribution in [0.3, 0.4) is 0 Å². The van der Waals surface area contributed by atoms with Gasteiger partial charge in [-0.05, 0) is 18.2 Å². The van der Waals surface area contributed by atoms with Crippen LogP contribution >= 0.6 is 11.3 Å². The monoisotopic (exact) mass is 290 g/mol. The summed E-state index contributed by atoms with van der Waals surface area (Å²) in [7, 11) is 0. The molecule has 0 fully saturated rings. The fourth-order valence-corrected chi connectivity index (χ4v) is 2.62. The van der Waals surface area contributed by atoms with Gasteiger partial charge >= 0.3 is 5.97 Å². The third-order valence-electron chi connectivity index (χ3n) is 2.81. The number of nitrogens with one attached hydrogen (secondary N) is 1. The number of carbonyl (C=O) groups is 2. The third kappa shape index (κ3) is 1.97. The molecule has 0 spiro atoms. The van der Waals surface area contributed by atoms with Gasteiger partial charge in [0, 0.05) is 22.5 Å². The zero-order valence-corrected chi connectivity index (χ0v) is 10.7. The van der Waals surface area contributed by atoms with E-state index in [9.17, 15) is 14.0 Å². The van der Waals surface area contributed by atoms with Crippen molar-refractivity contribution in [1.29, 1.82) is 0 Å². The number of rotatable bonds is 3. The number of aromatic amines is 1. The van der Waals surface area contributed by atoms with Crippen LogP contribution in [0, 0.1) is 5.82 Å². The van der Waals surface area contributed by atoms with Crippen LogP contribution in [0.25, 0.3) is 10.9 Å². The number of benzene rings is 1. The van der Waals surface area contributed by atoms with Gasteiger partial charge < -0.3 is 10.1 Å². The molecule has 0 aliphatic heterocycles. The maximum atomic E-state index is 13.3. The number of aromatic nitrogens is 2. The van der Waals surface area contributed by atoms with E-state index in [1.54, 1.807) is 0 Å². The number of carboxylic acid groups (broad SMARTS) is 1. The van der Waals surface area contributed by atoms with E-state index in [4.69, 9.17) is 5.11 Å². The van der Waals surface area contributed by atoms with Crippen LogP contribution in [-0.2, 0) is 0 Å². The molecule has 0 radical (unpaired) electrons. The number of hydrogen-bond donors (Lipinski definition) is 2. The number of halogens is 1. The molecule has 2 N–H and O–H groups in total. The van der Waals surface area contributed by atoms with Crippen LogP contribution in [0.4, 0.5) is 4.39 Å². The van der Waals surface area contributed by atoms with Crippen LogP contribution in [0.1, 0.15) is 25.9 Å². The minimum absolute atomic E-state index is 0.0626. The molecule has 0 aliphatic rings. The molecule has 2 aromatic heterocycles. The Labute approximate surface area is 115 Å². The Kier molecular flexibility index (Phi) is 2.83. The standard InChI is InChI=1S/C13H7FN2O3S/c14-6-1-2-9-7(3-6)8(4-15-9)11(17)12-16-10(5-20-12)13(18)19/h1-5,15H,(H,18,19). The van der Waals surface area contributed by atoms with Crippen molar-refractivity contribution in [1.82, 2.24) is 9.97 Å². The molecule has 1 aromatic carbocycles. The van der Waals surface area contributed by atoms with Crippen molar-refractivity contribution >= 4 is 34.0 Å². The van der Waals surface area contributed by atoms with Crippen molar-refractivity contribution in [2.45, 2.75) is 0 Å². The van der Waals surface area contributed by atoms with E-state index in [0.29, 0.717) is 10.9 Å². The molecule has 0 aliphatic carbocycles. The highest BCUT2D eigenvalue weighted by Gasteiger charge is 2.19. The third-order valence-corrected chi connectivity index (χ3v) is 3.65. The van der Waals surface area contributed by atoms with Gasteiger partial charge in [0.1, 0.15) is 5.82 Å². The minimum Gasteiger partial charge on any atom is -0.476 e. The predicted molar refractivity (Wildman–Crippen MR) is 70.8 cm³/mol. The molecule has 100 valence electrons. The molecule has 0 atom stereocenters. The quantitative estimate of drug-likeness (QED) is 0.726. The van der Waals surface area contributed by atoms with E-state index < -0.39 is 17.6 Å². The highest BCUT2D eigenvalue weighted by atomic mass is 32.1. The summed E-state index contributed by atoms with van der Waals surface area (Å²) in [4.78, 5) is 29.7. The molecule has 0 amide bonds. The number of ketones is 1. The molecule has 20 heavy (non-hydrogen) atoms. The zero-order chi connectivity index (χ0) is 14.3. The summed E-state index contributed by atoms with van der Waals surface area (Å²) >= 11 is 0.948. The van der Waals surface area contributed by atoms with Gasteiger partial charge in [0.15, 0.2) is 10.7 Å². The minimum atomic E-state index is -1.19. The second-order valence-electron chi connectivity index (χ2n) is 4.06.